The molecular formula is C4H8O3. The van der Waals surface area contributed by atoms with Gasteiger partial charge in [-0.25, -0.2) is 0 Å². The van der Waals surface area contributed by atoms with Crippen molar-refractivity contribution in [2.75, 3.05) is 0 Å². The standard InChI is InChI=1S/C4H8O3/c1-3(5)2-4(6)7/h3,5H,2H2,1H3,(H,6,7)/t3-/m1/s1/i2+1,4+1. The lowest BCUT2D eigenvalue weighted by molar-refractivity contribution is -0.138. The predicted molar refractivity (Wildman–Crippen MR) is 23.9 cm³/mol. The zero-order valence-corrected chi connectivity index (χ0v) is 4.09. The first-order valence-electron chi connectivity index (χ1n) is 2.03. The Morgan fingerprint density at radius 2 is 2.29 bits per heavy atom. The third-order valence-electron chi connectivity index (χ3n) is 0.470. The van der Waals surface area contributed by atoms with Gasteiger partial charge in [-0.15, -0.1) is 0 Å². The number of rotatable bonds is 2. The van der Waals surface area contributed by atoms with Crippen LogP contribution in [0.25, 0.3) is 0 Å². The molecule has 0 aromatic heterocycles. The van der Waals surface area contributed by atoms with Crippen molar-refractivity contribution in [1.82, 2.24) is 0 Å². The number of carboxylic acids is 1. The zero-order valence-electron chi connectivity index (χ0n) is 4.09. The van der Waals surface area contributed by atoms with Crippen LogP contribution in [0.1, 0.15) is 13.3 Å². The number of hydrogen-bond acceptors (Lipinski definition) is 2. The van der Waals surface area contributed by atoms with E-state index in [0.29, 0.717) is 0 Å². The van der Waals surface area contributed by atoms with E-state index >= 15 is 0 Å². The summed E-state index contributed by atoms with van der Waals surface area (Å²) < 4.78 is 0. The van der Waals surface area contributed by atoms with E-state index in [1.165, 1.54) is 6.92 Å². The average molecular weight is 106 g/mol. The number of carboxylic acid groups (broad SMARTS) is 1. The highest BCUT2D eigenvalue weighted by Gasteiger charge is 2.00. The third-order valence-corrected chi connectivity index (χ3v) is 0.470. The van der Waals surface area contributed by atoms with E-state index in [1.54, 1.807) is 0 Å². The Morgan fingerprint density at radius 3 is 2.29 bits per heavy atom. The molecule has 0 amide bonds. The Hall–Kier alpha value is -0.570. The van der Waals surface area contributed by atoms with Gasteiger partial charge in [0.1, 0.15) is 0 Å². The fourth-order valence-electron chi connectivity index (χ4n) is 0.253. The number of aliphatic hydroxyl groups excluding tert-OH is 1. The molecule has 42 valence electrons. The fourth-order valence-corrected chi connectivity index (χ4v) is 0.253. The van der Waals surface area contributed by atoms with E-state index in [1.807, 2.05) is 0 Å². The number of aliphatic hydroxyl groups is 1. The van der Waals surface area contributed by atoms with Crippen LogP contribution < -0.4 is 0 Å². The van der Waals surface area contributed by atoms with Crippen LogP contribution in [0.4, 0.5) is 0 Å². The second-order valence-electron chi connectivity index (χ2n) is 1.45. The van der Waals surface area contributed by atoms with Gasteiger partial charge in [0.15, 0.2) is 0 Å². The van der Waals surface area contributed by atoms with Crippen LogP contribution in [0.3, 0.4) is 0 Å². The van der Waals surface area contributed by atoms with E-state index in [2.05, 4.69) is 0 Å². The predicted octanol–water partition coefficient (Wildman–Crippen LogP) is -0.158. The first-order chi connectivity index (χ1) is 3.13. The zero-order chi connectivity index (χ0) is 5.86. The van der Waals surface area contributed by atoms with Crippen LogP contribution in [-0.2, 0) is 4.79 Å². The highest BCUT2D eigenvalue weighted by Crippen LogP contribution is 1.85. The monoisotopic (exact) mass is 106 g/mol. The Balaban J connectivity index is 3.13. The largest absolute Gasteiger partial charge is 0.481 e. The van der Waals surface area contributed by atoms with Gasteiger partial charge in [0.05, 0.1) is 12.5 Å². The highest BCUT2D eigenvalue weighted by molar-refractivity contribution is 5.67. The van der Waals surface area contributed by atoms with Crippen LogP contribution in [-0.4, -0.2) is 22.3 Å². The molecule has 0 bridgehead atoms. The third kappa shape index (κ3) is 5.43. The number of aliphatic carboxylic acids is 1. The molecular weight excluding hydrogens is 98.0 g/mol. The number of carbonyl (C=O) groups is 1. The SMILES string of the molecule is C[C@@H](O)[13CH2][13C](=O)O. The minimum atomic E-state index is -0.963. The molecule has 0 saturated carbocycles. The molecule has 0 radical (unpaired) electrons. The maximum Gasteiger partial charge on any atom is 0.305 e. The average Bonchev–Trinajstić information content (AvgIpc) is 1.27. The summed E-state index contributed by atoms with van der Waals surface area (Å²) in [4.78, 5) is 9.65. The van der Waals surface area contributed by atoms with Crippen molar-refractivity contribution in [1.29, 1.82) is 0 Å². The van der Waals surface area contributed by atoms with Gasteiger partial charge in [-0.2, -0.15) is 0 Å². The Bertz CT molecular complexity index is 67.3. The molecule has 0 unspecified atom stereocenters. The molecule has 0 aromatic carbocycles. The second-order valence-corrected chi connectivity index (χ2v) is 1.45. The molecule has 0 aliphatic carbocycles. The Kier molecular flexibility index (Phi) is 2.37. The molecule has 0 spiro atoms. The molecule has 0 aromatic rings. The molecule has 0 heterocycles. The summed E-state index contributed by atoms with van der Waals surface area (Å²) in [5, 5.41) is 16.3. The molecule has 0 saturated heterocycles. The van der Waals surface area contributed by atoms with Crippen LogP contribution in [0.2, 0.25) is 0 Å². The maximum atomic E-state index is 9.65. The van der Waals surface area contributed by atoms with Crippen molar-refractivity contribution >= 4 is 5.97 Å². The van der Waals surface area contributed by atoms with Crippen molar-refractivity contribution in [2.24, 2.45) is 0 Å². The molecule has 7 heavy (non-hydrogen) atoms. The van der Waals surface area contributed by atoms with E-state index < -0.39 is 12.1 Å². The highest BCUT2D eigenvalue weighted by atomic mass is 16.5. The van der Waals surface area contributed by atoms with Crippen LogP contribution in [0, 0.1) is 0 Å². The molecule has 0 aliphatic heterocycles. The van der Waals surface area contributed by atoms with Crippen LogP contribution in [0.15, 0.2) is 0 Å². The van der Waals surface area contributed by atoms with Gasteiger partial charge >= 0.3 is 5.97 Å². The lowest BCUT2D eigenvalue weighted by Gasteiger charge is -1.94. The van der Waals surface area contributed by atoms with Gasteiger partial charge in [-0.05, 0) is 6.92 Å². The molecule has 3 heteroatoms. The van der Waals surface area contributed by atoms with Crippen LogP contribution >= 0.6 is 0 Å². The van der Waals surface area contributed by atoms with Gasteiger partial charge < -0.3 is 10.2 Å². The smallest absolute Gasteiger partial charge is 0.305 e. The van der Waals surface area contributed by atoms with Gasteiger partial charge in [0.25, 0.3) is 0 Å². The van der Waals surface area contributed by atoms with E-state index in [9.17, 15) is 4.79 Å². The van der Waals surface area contributed by atoms with E-state index in [0.717, 1.165) is 0 Å². The van der Waals surface area contributed by atoms with Crippen molar-refractivity contribution < 1.29 is 15.0 Å². The first kappa shape index (κ1) is 6.43. The van der Waals surface area contributed by atoms with E-state index in [4.69, 9.17) is 10.2 Å². The maximum absolute atomic E-state index is 9.65. The lowest BCUT2D eigenvalue weighted by Crippen LogP contribution is -2.07. The van der Waals surface area contributed by atoms with Crippen LogP contribution in [0.5, 0.6) is 0 Å². The van der Waals surface area contributed by atoms with E-state index in [-0.39, 0.29) is 6.42 Å². The molecule has 0 fully saturated rings. The quantitative estimate of drug-likeness (QED) is 0.481. The summed E-state index contributed by atoms with van der Waals surface area (Å²) in [6, 6.07) is 0. The normalized spacial score (nSPS) is 13.4. The summed E-state index contributed by atoms with van der Waals surface area (Å²) in [5.74, 6) is -0.963. The minimum Gasteiger partial charge on any atom is -0.481 e. The van der Waals surface area contributed by atoms with Gasteiger partial charge in [-0.3, -0.25) is 4.79 Å². The number of hydrogen-bond donors (Lipinski definition) is 2. The Morgan fingerprint density at radius 1 is 1.86 bits per heavy atom. The van der Waals surface area contributed by atoms with Crippen molar-refractivity contribution in [3.63, 3.8) is 0 Å². The van der Waals surface area contributed by atoms with Gasteiger partial charge in [-0.1, -0.05) is 0 Å². The summed E-state index contributed by atoms with van der Waals surface area (Å²) in [6.07, 6.45) is -0.891. The molecule has 1 atom stereocenters. The van der Waals surface area contributed by atoms with Crippen molar-refractivity contribution in [3.8, 4) is 0 Å². The summed E-state index contributed by atoms with van der Waals surface area (Å²) >= 11 is 0. The summed E-state index contributed by atoms with van der Waals surface area (Å²) in [6.45, 7) is 1.44. The summed E-state index contributed by atoms with van der Waals surface area (Å²) in [5.41, 5.74) is 0. The van der Waals surface area contributed by atoms with Crippen molar-refractivity contribution in [2.45, 2.75) is 19.4 Å². The minimum absolute atomic E-state index is 0.167. The molecule has 0 aliphatic rings. The fraction of sp³-hybridized carbons (Fsp3) is 0.750. The summed E-state index contributed by atoms with van der Waals surface area (Å²) in [7, 11) is 0. The second kappa shape index (κ2) is 2.58. The Labute approximate surface area is 41.6 Å². The molecule has 2 N–H and O–H groups in total. The molecule has 3 nitrogen and oxygen atoms in total. The van der Waals surface area contributed by atoms with Crippen molar-refractivity contribution in [3.05, 3.63) is 0 Å². The topological polar surface area (TPSA) is 57.5 Å². The van der Waals surface area contributed by atoms with Gasteiger partial charge in [0.2, 0.25) is 0 Å². The molecule has 0 rings (SSSR count). The van der Waals surface area contributed by atoms with Gasteiger partial charge in [0, 0.05) is 0 Å². The first-order valence-corrected chi connectivity index (χ1v) is 2.03. The lowest BCUT2D eigenvalue weighted by atomic mass is 10.6.